The van der Waals surface area contributed by atoms with Crippen molar-refractivity contribution in [2.45, 2.75) is 52.3 Å². The lowest BCUT2D eigenvalue weighted by Gasteiger charge is -2.41. The van der Waals surface area contributed by atoms with Crippen LogP contribution in [0.5, 0.6) is 0 Å². The smallest absolute Gasteiger partial charge is 0.377 e. The molecule has 0 spiro atoms. The van der Waals surface area contributed by atoms with Crippen LogP contribution < -0.4 is 5.32 Å². The van der Waals surface area contributed by atoms with Crippen molar-refractivity contribution in [1.82, 2.24) is 20.1 Å². The van der Waals surface area contributed by atoms with Gasteiger partial charge in [0.15, 0.2) is 0 Å². The van der Waals surface area contributed by atoms with Crippen molar-refractivity contribution in [3.63, 3.8) is 0 Å². The lowest BCUT2D eigenvalue weighted by atomic mass is 9.96. The highest BCUT2D eigenvalue weighted by atomic mass is 16.5. The SMILES string of the molecule is CC(C)OC(=O)C(=O)[C@H](Cc1ccccc1)NC(=O)CN1C(=O)C(C(C)C)N(C(=O)c2ccccn2)C=C1c1ccccc1. The van der Waals surface area contributed by atoms with E-state index in [1.54, 1.807) is 86.8 Å². The van der Waals surface area contributed by atoms with Crippen molar-refractivity contribution < 1.29 is 28.7 Å². The number of nitrogens with one attached hydrogen (secondary N) is 1. The molecule has 3 aromatic rings. The third-order valence-electron chi connectivity index (χ3n) is 6.97. The molecule has 2 heterocycles. The summed E-state index contributed by atoms with van der Waals surface area (Å²) >= 11 is 0. The Bertz CT molecular complexity index is 1520. The number of pyridine rings is 1. The van der Waals surface area contributed by atoms with E-state index in [2.05, 4.69) is 10.3 Å². The summed E-state index contributed by atoms with van der Waals surface area (Å²) in [6, 6.07) is 20.7. The lowest BCUT2D eigenvalue weighted by Crippen LogP contribution is -2.57. The second-order valence-electron chi connectivity index (χ2n) is 11.0. The van der Waals surface area contributed by atoms with Gasteiger partial charge < -0.3 is 10.1 Å². The van der Waals surface area contributed by atoms with Crippen LogP contribution in [0.1, 0.15) is 49.3 Å². The molecule has 1 unspecified atom stereocenters. The maximum absolute atomic E-state index is 14.1. The molecule has 0 fully saturated rings. The topological polar surface area (TPSA) is 126 Å². The highest BCUT2D eigenvalue weighted by Gasteiger charge is 2.42. The molecule has 2 aromatic carbocycles. The van der Waals surface area contributed by atoms with E-state index in [0.717, 1.165) is 5.56 Å². The Kier molecular flexibility index (Phi) is 10.4. The van der Waals surface area contributed by atoms with Crippen molar-refractivity contribution >= 4 is 35.2 Å². The van der Waals surface area contributed by atoms with Gasteiger partial charge in [-0.2, -0.15) is 0 Å². The fourth-order valence-corrected chi connectivity index (χ4v) is 4.95. The number of ketones is 1. The zero-order chi connectivity index (χ0) is 31.8. The Labute approximate surface area is 256 Å². The molecule has 0 aliphatic carbocycles. The van der Waals surface area contributed by atoms with Crippen LogP contribution in [-0.4, -0.2) is 69.0 Å². The van der Waals surface area contributed by atoms with Gasteiger partial charge in [0.1, 0.15) is 24.3 Å². The molecule has 0 radical (unpaired) electrons. The van der Waals surface area contributed by atoms with Crippen LogP contribution in [0.4, 0.5) is 0 Å². The molecule has 10 heteroatoms. The summed E-state index contributed by atoms with van der Waals surface area (Å²) in [7, 11) is 0. The number of esters is 1. The monoisotopic (exact) mass is 596 g/mol. The van der Waals surface area contributed by atoms with Gasteiger partial charge >= 0.3 is 5.97 Å². The molecule has 1 aliphatic heterocycles. The average molecular weight is 597 g/mol. The van der Waals surface area contributed by atoms with Crippen LogP contribution in [0, 0.1) is 5.92 Å². The number of aromatic nitrogens is 1. The van der Waals surface area contributed by atoms with Gasteiger partial charge in [0.25, 0.3) is 17.6 Å². The van der Waals surface area contributed by atoms with Crippen LogP contribution in [0.3, 0.4) is 0 Å². The highest BCUT2D eigenvalue weighted by molar-refractivity contribution is 6.36. The van der Waals surface area contributed by atoms with E-state index in [0.29, 0.717) is 11.3 Å². The number of rotatable bonds is 11. The first kappa shape index (κ1) is 31.8. The Morgan fingerprint density at radius 1 is 0.886 bits per heavy atom. The molecule has 44 heavy (non-hydrogen) atoms. The van der Waals surface area contributed by atoms with E-state index < -0.39 is 54.2 Å². The van der Waals surface area contributed by atoms with Crippen molar-refractivity contribution in [3.8, 4) is 0 Å². The van der Waals surface area contributed by atoms with Gasteiger partial charge in [-0.1, -0.05) is 80.6 Å². The van der Waals surface area contributed by atoms with E-state index in [4.69, 9.17) is 4.74 Å². The Balaban J connectivity index is 1.67. The number of hydrogen-bond acceptors (Lipinski definition) is 7. The molecule has 228 valence electrons. The van der Waals surface area contributed by atoms with Gasteiger partial charge in [-0.05, 0) is 43.0 Å². The van der Waals surface area contributed by atoms with Crippen molar-refractivity contribution in [1.29, 1.82) is 0 Å². The number of benzene rings is 2. The molecular weight excluding hydrogens is 560 g/mol. The first-order chi connectivity index (χ1) is 21.1. The number of Topliss-reactive ketones (excluding diaryl/α,β-unsaturated/α-hetero) is 1. The summed E-state index contributed by atoms with van der Waals surface area (Å²) < 4.78 is 5.11. The summed E-state index contributed by atoms with van der Waals surface area (Å²) in [6.45, 7) is 6.43. The molecule has 0 saturated heterocycles. The summed E-state index contributed by atoms with van der Waals surface area (Å²) in [5, 5.41) is 2.66. The number of ether oxygens (including phenoxy) is 1. The molecule has 1 aliphatic rings. The third-order valence-corrected chi connectivity index (χ3v) is 6.97. The minimum absolute atomic E-state index is 0.0505. The maximum Gasteiger partial charge on any atom is 0.377 e. The number of carbonyl (C=O) groups is 5. The van der Waals surface area contributed by atoms with E-state index in [1.165, 1.54) is 16.0 Å². The van der Waals surface area contributed by atoms with Crippen LogP contribution >= 0.6 is 0 Å². The second-order valence-corrected chi connectivity index (χ2v) is 11.0. The second kappa shape index (κ2) is 14.4. The number of amides is 3. The average Bonchev–Trinajstić information content (AvgIpc) is 3.01. The van der Waals surface area contributed by atoms with E-state index in [9.17, 15) is 24.0 Å². The first-order valence-electron chi connectivity index (χ1n) is 14.5. The van der Waals surface area contributed by atoms with Crippen molar-refractivity contribution in [3.05, 3.63) is 108 Å². The molecule has 3 amide bonds. The standard InChI is InChI=1S/C34H36N4O6/c1-22(2)30-33(42)37(28(25-15-9-6-10-16-25)20-38(30)32(41)26-17-11-12-18-35-26)21-29(39)36-27(19-24-13-7-5-8-14-24)31(40)34(43)44-23(3)4/h5-18,20,22-23,27,30H,19,21H2,1-4H3,(H,36,39)/t27-,30?/m0/s1. The quantitative estimate of drug-likeness (QED) is 0.265. The molecule has 4 rings (SSSR count). The predicted molar refractivity (Wildman–Crippen MR) is 163 cm³/mol. The van der Waals surface area contributed by atoms with Crippen molar-refractivity contribution in [2.24, 2.45) is 5.92 Å². The summed E-state index contributed by atoms with van der Waals surface area (Å²) in [5.41, 5.74) is 1.84. The number of carbonyl (C=O) groups excluding carboxylic acids is 5. The maximum atomic E-state index is 14.1. The van der Waals surface area contributed by atoms with Crippen molar-refractivity contribution in [2.75, 3.05) is 6.54 Å². The zero-order valence-electron chi connectivity index (χ0n) is 25.2. The summed E-state index contributed by atoms with van der Waals surface area (Å²) in [4.78, 5) is 73.8. The Morgan fingerprint density at radius 3 is 2.11 bits per heavy atom. The Morgan fingerprint density at radius 2 is 1.52 bits per heavy atom. The Hall–Kier alpha value is -5.12. The molecule has 10 nitrogen and oxygen atoms in total. The van der Waals surface area contributed by atoms with Gasteiger partial charge in [0, 0.05) is 18.8 Å². The first-order valence-corrected chi connectivity index (χ1v) is 14.5. The van der Waals surface area contributed by atoms with E-state index >= 15 is 0 Å². The number of nitrogens with zero attached hydrogens (tertiary/aromatic N) is 3. The normalized spacial score (nSPS) is 15.5. The summed E-state index contributed by atoms with van der Waals surface area (Å²) in [6.07, 6.45) is 2.60. The van der Waals surface area contributed by atoms with Crippen LogP contribution in [0.2, 0.25) is 0 Å². The lowest BCUT2D eigenvalue weighted by molar-refractivity contribution is -0.157. The molecule has 2 atom stereocenters. The fraction of sp³-hybridized carbons (Fsp3) is 0.294. The molecule has 1 aromatic heterocycles. The molecular formula is C34H36N4O6. The van der Waals surface area contributed by atoms with Crippen LogP contribution in [0.15, 0.2) is 91.3 Å². The molecule has 0 bridgehead atoms. The largest absolute Gasteiger partial charge is 0.457 e. The summed E-state index contributed by atoms with van der Waals surface area (Å²) in [5.74, 6) is -3.83. The third kappa shape index (κ3) is 7.63. The minimum atomic E-state index is -1.22. The fourth-order valence-electron chi connectivity index (χ4n) is 4.95. The van der Waals surface area contributed by atoms with Crippen LogP contribution in [0.25, 0.3) is 5.70 Å². The molecule has 0 saturated carbocycles. The van der Waals surface area contributed by atoms with Crippen LogP contribution in [-0.2, 0) is 30.3 Å². The predicted octanol–water partition coefficient (Wildman–Crippen LogP) is 3.64. The van der Waals surface area contributed by atoms with Gasteiger partial charge in [-0.3, -0.25) is 34.0 Å². The minimum Gasteiger partial charge on any atom is -0.457 e. The van der Waals surface area contributed by atoms with E-state index in [-0.39, 0.29) is 18.0 Å². The van der Waals surface area contributed by atoms with Gasteiger partial charge in [0.2, 0.25) is 5.91 Å². The molecule has 1 N–H and O–H groups in total. The van der Waals surface area contributed by atoms with Gasteiger partial charge in [0.05, 0.1) is 11.8 Å². The van der Waals surface area contributed by atoms with E-state index in [1.807, 2.05) is 26.0 Å². The number of hydrogen-bond donors (Lipinski definition) is 1. The van der Waals surface area contributed by atoms with Gasteiger partial charge in [-0.15, -0.1) is 0 Å². The zero-order valence-corrected chi connectivity index (χ0v) is 25.2. The highest BCUT2D eigenvalue weighted by Crippen LogP contribution is 2.30. The van der Waals surface area contributed by atoms with Gasteiger partial charge in [-0.25, -0.2) is 4.79 Å².